The number of hydrogen-bond donors (Lipinski definition) is 2. The van der Waals surface area contributed by atoms with Gasteiger partial charge in [-0.25, -0.2) is 0 Å². The Morgan fingerprint density at radius 1 is 1.12 bits per heavy atom. The zero-order valence-corrected chi connectivity index (χ0v) is 14.5. The number of amides is 2. The molecule has 0 spiro atoms. The fourth-order valence-corrected chi connectivity index (χ4v) is 2.36. The molecule has 0 heterocycles. The van der Waals surface area contributed by atoms with E-state index < -0.39 is 0 Å². The molecule has 0 saturated heterocycles. The van der Waals surface area contributed by atoms with Crippen LogP contribution in [0.4, 0.5) is 5.69 Å². The number of nitrogens with one attached hydrogen (secondary N) is 2. The average molecular weight is 347 g/mol. The summed E-state index contributed by atoms with van der Waals surface area (Å²) in [6.07, 6.45) is 0. The largest absolute Gasteiger partial charge is 0.484 e. The Morgan fingerprint density at radius 2 is 1.75 bits per heavy atom. The maximum Gasteiger partial charge on any atom is 0.262 e. The number of ether oxygens (including phenoxy) is 1. The second-order valence-electron chi connectivity index (χ2n) is 5.33. The summed E-state index contributed by atoms with van der Waals surface area (Å²) in [6.45, 7) is 3.59. The smallest absolute Gasteiger partial charge is 0.262 e. The van der Waals surface area contributed by atoms with Gasteiger partial charge in [-0.15, -0.1) is 0 Å². The van der Waals surface area contributed by atoms with Crippen molar-refractivity contribution in [1.29, 1.82) is 0 Å². The molecule has 0 fully saturated rings. The van der Waals surface area contributed by atoms with Crippen LogP contribution in [0.3, 0.4) is 0 Å². The number of carbonyl (C=O) groups excluding carboxylic acids is 2. The molecule has 24 heavy (non-hydrogen) atoms. The van der Waals surface area contributed by atoms with Crippen molar-refractivity contribution in [2.75, 3.05) is 19.0 Å². The van der Waals surface area contributed by atoms with Crippen molar-refractivity contribution in [2.24, 2.45) is 0 Å². The van der Waals surface area contributed by atoms with Gasteiger partial charge in [0.1, 0.15) is 5.75 Å². The van der Waals surface area contributed by atoms with E-state index in [-0.39, 0.29) is 18.4 Å². The van der Waals surface area contributed by atoms with Crippen molar-refractivity contribution in [3.8, 4) is 5.75 Å². The first-order valence-corrected chi connectivity index (χ1v) is 7.80. The van der Waals surface area contributed by atoms with Crippen LogP contribution < -0.4 is 15.4 Å². The Kier molecular flexibility index (Phi) is 5.82. The van der Waals surface area contributed by atoms with Crippen LogP contribution in [0.1, 0.15) is 21.5 Å². The predicted molar refractivity (Wildman–Crippen MR) is 94.9 cm³/mol. The first kappa shape index (κ1) is 17.8. The van der Waals surface area contributed by atoms with Crippen LogP contribution in [0.5, 0.6) is 5.75 Å². The summed E-state index contributed by atoms with van der Waals surface area (Å²) < 4.78 is 5.51. The number of anilines is 1. The van der Waals surface area contributed by atoms with Gasteiger partial charge in [-0.3, -0.25) is 9.59 Å². The predicted octanol–water partition coefficient (Wildman–Crippen LogP) is 3.33. The lowest BCUT2D eigenvalue weighted by Crippen LogP contribution is -2.24. The van der Waals surface area contributed by atoms with Crippen molar-refractivity contribution in [3.05, 3.63) is 58.1 Å². The molecule has 126 valence electrons. The molecule has 0 aliphatic rings. The maximum absolute atomic E-state index is 12.1. The molecule has 2 aromatic carbocycles. The summed E-state index contributed by atoms with van der Waals surface area (Å²) in [5.41, 5.74) is 2.61. The molecule has 0 aliphatic heterocycles. The van der Waals surface area contributed by atoms with Gasteiger partial charge in [0.2, 0.25) is 0 Å². The highest BCUT2D eigenvalue weighted by Crippen LogP contribution is 2.25. The minimum atomic E-state index is -0.350. The molecule has 0 aliphatic carbocycles. The van der Waals surface area contributed by atoms with Crippen molar-refractivity contribution >= 4 is 29.1 Å². The first-order chi connectivity index (χ1) is 11.4. The van der Waals surface area contributed by atoms with E-state index in [1.165, 1.54) is 7.05 Å². The van der Waals surface area contributed by atoms with E-state index in [2.05, 4.69) is 10.6 Å². The Balaban J connectivity index is 2.03. The SMILES string of the molecule is CNC(=O)c1ccccc1NC(=O)COc1cc(C)c(Cl)c(C)c1. The second kappa shape index (κ2) is 7.84. The van der Waals surface area contributed by atoms with Crippen molar-refractivity contribution in [1.82, 2.24) is 5.32 Å². The molecule has 0 aromatic heterocycles. The van der Waals surface area contributed by atoms with E-state index >= 15 is 0 Å². The molecule has 0 bridgehead atoms. The van der Waals surface area contributed by atoms with Gasteiger partial charge >= 0.3 is 0 Å². The Morgan fingerprint density at radius 3 is 2.38 bits per heavy atom. The highest BCUT2D eigenvalue weighted by atomic mass is 35.5. The highest BCUT2D eigenvalue weighted by Gasteiger charge is 2.12. The molecule has 2 amide bonds. The van der Waals surface area contributed by atoms with Gasteiger partial charge in [-0.2, -0.15) is 0 Å². The lowest BCUT2D eigenvalue weighted by molar-refractivity contribution is -0.118. The summed E-state index contributed by atoms with van der Waals surface area (Å²) in [7, 11) is 1.54. The second-order valence-corrected chi connectivity index (χ2v) is 5.71. The van der Waals surface area contributed by atoms with Gasteiger partial charge in [0.05, 0.1) is 11.3 Å². The Labute approximate surface area is 146 Å². The summed E-state index contributed by atoms with van der Waals surface area (Å²) >= 11 is 6.11. The molecule has 2 rings (SSSR count). The van der Waals surface area contributed by atoms with Crippen LogP contribution in [0.2, 0.25) is 5.02 Å². The number of benzene rings is 2. The van der Waals surface area contributed by atoms with Gasteiger partial charge in [-0.1, -0.05) is 23.7 Å². The van der Waals surface area contributed by atoms with Crippen LogP contribution >= 0.6 is 11.6 Å². The van der Waals surface area contributed by atoms with Crippen molar-refractivity contribution < 1.29 is 14.3 Å². The fourth-order valence-electron chi connectivity index (χ4n) is 2.25. The van der Waals surface area contributed by atoms with Gasteiger partial charge in [0.25, 0.3) is 11.8 Å². The Hall–Kier alpha value is -2.53. The third-order valence-electron chi connectivity index (χ3n) is 3.45. The number of halogens is 1. The number of hydrogen-bond acceptors (Lipinski definition) is 3. The minimum Gasteiger partial charge on any atom is -0.484 e. The van der Waals surface area contributed by atoms with Crippen LogP contribution in [-0.4, -0.2) is 25.5 Å². The van der Waals surface area contributed by atoms with Gasteiger partial charge < -0.3 is 15.4 Å². The monoisotopic (exact) mass is 346 g/mol. The van der Waals surface area contributed by atoms with Crippen molar-refractivity contribution in [3.63, 3.8) is 0 Å². The molecule has 0 atom stereocenters. The van der Waals surface area contributed by atoms with Crippen LogP contribution in [0.25, 0.3) is 0 Å². The maximum atomic E-state index is 12.1. The highest BCUT2D eigenvalue weighted by molar-refractivity contribution is 6.32. The molecule has 0 saturated carbocycles. The molecular formula is C18H19ClN2O3. The van der Waals surface area contributed by atoms with Crippen LogP contribution in [-0.2, 0) is 4.79 Å². The molecule has 5 nitrogen and oxygen atoms in total. The topological polar surface area (TPSA) is 67.4 Å². The average Bonchev–Trinajstić information content (AvgIpc) is 2.57. The Bertz CT molecular complexity index is 752. The summed E-state index contributed by atoms with van der Waals surface area (Å²) in [5, 5.41) is 5.91. The number of carbonyl (C=O) groups is 2. The number of aryl methyl sites for hydroxylation is 2. The molecule has 0 radical (unpaired) electrons. The summed E-state index contributed by atoms with van der Waals surface area (Å²) in [5.74, 6) is -0.0449. The third-order valence-corrected chi connectivity index (χ3v) is 4.05. The van der Waals surface area contributed by atoms with E-state index in [0.29, 0.717) is 22.0 Å². The lowest BCUT2D eigenvalue weighted by atomic mass is 10.1. The standard InChI is InChI=1S/C18H19ClN2O3/c1-11-8-13(9-12(2)17(11)19)24-10-16(22)21-15-7-5-4-6-14(15)18(23)20-3/h4-9H,10H2,1-3H3,(H,20,23)(H,21,22). The van der Waals surface area contributed by atoms with E-state index in [4.69, 9.17) is 16.3 Å². The number of rotatable bonds is 5. The minimum absolute atomic E-state index is 0.164. The van der Waals surface area contributed by atoms with Gasteiger partial charge in [0.15, 0.2) is 6.61 Å². The summed E-state index contributed by atoms with van der Waals surface area (Å²) in [4.78, 5) is 23.9. The quantitative estimate of drug-likeness (QED) is 0.872. The molecule has 2 aromatic rings. The molecular weight excluding hydrogens is 328 g/mol. The molecule has 2 N–H and O–H groups in total. The van der Waals surface area contributed by atoms with Gasteiger partial charge in [0, 0.05) is 12.1 Å². The fraction of sp³-hybridized carbons (Fsp3) is 0.222. The molecule has 0 unspecified atom stereocenters. The van der Waals surface area contributed by atoms with E-state index in [1.807, 2.05) is 13.8 Å². The zero-order chi connectivity index (χ0) is 17.7. The van der Waals surface area contributed by atoms with Crippen LogP contribution in [0, 0.1) is 13.8 Å². The van der Waals surface area contributed by atoms with Crippen molar-refractivity contribution in [2.45, 2.75) is 13.8 Å². The zero-order valence-electron chi connectivity index (χ0n) is 13.8. The first-order valence-electron chi connectivity index (χ1n) is 7.43. The number of para-hydroxylation sites is 1. The van der Waals surface area contributed by atoms with E-state index in [0.717, 1.165) is 11.1 Å². The summed E-state index contributed by atoms with van der Waals surface area (Å²) in [6, 6.07) is 10.3. The van der Waals surface area contributed by atoms with E-state index in [9.17, 15) is 9.59 Å². The normalized spacial score (nSPS) is 10.2. The van der Waals surface area contributed by atoms with Gasteiger partial charge in [-0.05, 0) is 49.2 Å². The van der Waals surface area contributed by atoms with E-state index in [1.54, 1.807) is 36.4 Å². The van der Waals surface area contributed by atoms with Crippen LogP contribution in [0.15, 0.2) is 36.4 Å². The lowest BCUT2D eigenvalue weighted by Gasteiger charge is -2.12. The molecule has 6 heteroatoms. The third kappa shape index (κ3) is 4.26.